The number of rotatable bonds is 9. The molecule has 3 aromatic rings. The minimum absolute atomic E-state index is 0.0565. The van der Waals surface area contributed by atoms with Crippen LogP contribution in [0, 0.1) is 23.7 Å². The van der Waals surface area contributed by atoms with Gasteiger partial charge in [-0.2, -0.15) is 0 Å². The monoisotopic (exact) mass is 622 g/mol. The maximum Gasteiger partial charge on any atom is 0.332 e. The zero-order valence-corrected chi connectivity index (χ0v) is 25.4. The van der Waals surface area contributed by atoms with Gasteiger partial charge in [-0.05, 0) is 37.3 Å². The molecule has 6 rings (SSSR count). The van der Waals surface area contributed by atoms with Gasteiger partial charge in [0, 0.05) is 57.0 Å². The summed E-state index contributed by atoms with van der Waals surface area (Å²) in [6, 6.07) is 5.24. The second-order valence-corrected chi connectivity index (χ2v) is 12.3. The minimum Gasteiger partial charge on any atom is -0.371 e. The van der Waals surface area contributed by atoms with Gasteiger partial charge in [-0.25, -0.2) is 28.5 Å². The number of alkyl halides is 2. The lowest BCUT2D eigenvalue weighted by atomic mass is 9.91. The molecule has 0 spiro atoms. The predicted octanol–water partition coefficient (Wildman–Crippen LogP) is 2.72. The molecule has 3 unspecified atom stereocenters. The van der Waals surface area contributed by atoms with E-state index in [0.717, 1.165) is 4.57 Å². The van der Waals surface area contributed by atoms with Crippen LogP contribution in [-0.2, 0) is 29.6 Å². The van der Waals surface area contributed by atoms with Gasteiger partial charge >= 0.3 is 5.69 Å². The molecular formula is C31H36F2N8O4. The Bertz CT molecular complexity index is 1740. The summed E-state index contributed by atoms with van der Waals surface area (Å²) in [4.78, 5) is 66.1. The standard InChI is InChI=1S/C31H36F2N8O4/c1-4-20(42)14-41-28(44)21-9-8-18(11-34-26(21)39(3)30(41)45)10-17(2)27(43)38-25-7-5-6-24(37-25)19-12-35-29(36-13-19)40-15-22-23(16-40)31(22,32)33/h5-7,12-13,17-18,22-23,34H,4,8-11,14-16H2,1-3H3,(H,37,38,43)/t17-,18?,22?,23?/m1/s1. The lowest BCUT2D eigenvalue weighted by Crippen LogP contribution is -2.43. The van der Waals surface area contributed by atoms with Crippen molar-refractivity contribution in [3.8, 4) is 11.3 Å². The van der Waals surface area contributed by atoms with E-state index in [0.29, 0.717) is 60.2 Å². The Balaban J connectivity index is 1.06. The smallest absolute Gasteiger partial charge is 0.332 e. The lowest BCUT2D eigenvalue weighted by molar-refractivity contribution is -0.120. The molecule has 1 amide bonds. The first-order valence-corrected chi connectivity index (χ1v) is 15.3. The molecule has 238 valence electrons. The molecule has 0 bridgehead atoms. The summed E-state index contributed by atoms with van der Waals surface area (Å²) in [5, 5.41) is 6.12. The van der Waals surface area contributed by atoms with Crippen molar-refractivity contribution in [2.75, 3.05) is 35.2 Å². The van der Waals surface area contributed by atoms with E-state index >= 15 is 0 Å². The maximum atomic E-state index is 13.5. The molecule has 1 aliphatic carbocycles. The first-order chi connectivity index (χ1) is 21.5. The van der Waals surface area contributed by atoms with E-state index in [-0.39, 0.29) is 49.6 Å². The fourth-order valence-electron chi connectivity index (χ4n) is 6.41. The number of carbonyl (C=O) groups excluding carboxylic acids is 2. The average molecular weight is 623 g/mol. The predicted molar refractivity (Wildman–Crippen MR) is 163 cm³/mol. The van der Waals surface area contributed by atoms with E-state index in [4.69, 9.17) is 0 Å². The molecule has 14 heteroatoms. The number of anilines is 3. The van der Waals surface area contributed by atoms with E-state index in [1.807, 2.05) is 6.92 Å². The molecule has 4 atom stereocenters. The molecule has 5 heterocycles. The number of piperidine rings is 1. The summed E-state index contributed by atoms with van der Waals surface area (Å²) in [6.45, 7) is 4.27. The Morgan fingerprint density at radius 2 is 1.87 bits per heavy atom. The average Bonchev–Trinajstić information content (AvgIpc) is 3.33. The van der Waals surface area contributed by atoms with Crippen LogP contribution < -0.4 is 26.8 Å². The first-order valence-electron chi connectivity index (χ1n) is 15.3. The van der Waals surface area contributed by atoms with Gasteiger partial charge in [-0.15, -0.1) is 0 Å². The Morgan fingerprint density at radius 1 is 1.16 bits per heavy atom. The SMILES string of the molecule is CCC(=O)Cn1c(=O)c2c(n(C)c1=O)NCC(C[C@@H](C)C(=O)Nc1cccc(-c3cnc(N4CC5C(C4)C5(F)F)nc3)n1)CC2. The van der Waals surface area contributed by atoms with Crippen molar-refractivity contribution in [1.29, 1.82) is 0 Å². The van der Waals surface area contributed by atoms with Crippen molar-refractivity contribution in [3.63, 3.8) is 0 Å². The fraction of sp³-hybridized carbons (Fsp3) is 0.516. The normalized spacial score (nSPS) is 22.1. The largest absolute Gasteiger partial charge is 0.371 e. The topological polar surface area (TPSA) is 144 Å². The second-order valence-electron chi connectivity index (χ2n) is 12.3. The summed E-state index contributed by atoms with van der Waals surface area (Å²) in [5.41, 5.74) is 0.681. The molecule has 0 radical (unpaired) electrons. The Kier molecular flexibility index (Phi) is 8.00. The molecule has 2 N–H and O–H groups in total. The minimum atomic E-state index is -2.56. The van der Waals surface area contributed by atoms with Gasteiger partial charge in [0.25, 0.3) is 11.5 Å². The Labute approximate surface area is 257 Å². The number of carbonyl (C=O) groups is 2. The highest BCUT2D eigenvalue weighted by atomic mass is 19.3. The number of amides is 1. The van der Waals surface area contributed by atoms with Crippen LogP contribution in [0.2, 0.25) is 0 Å². The molecule has 1 saturated heterocycles. The molecular weight excluding hydrogens is 586 g/mol. The highest BCUT2D eigenvalue weighted by molar-refractivity contribution is 5.91. The van der Waals surface area contributed by atoms with Crippen LogP contribution >= 0.6 is 0 Å². The molecule has 2 fully saturated rings. The molecule has 12 nitrogen and oxygen atoms in total. The van der Waals surface area contributed by atoms with Crippen molar-refractivity contribution < 1.29 is 18.4 Å². The molecule has 3 aromatic heterocycles. The van der Waals surface area contributed by atoms with Gasteiger partial charge in [0.1, 0.15) is 11.6 Å². The van der Waals surface area contributed by atoms with Crippen LogP contribution in [0.15, 0.2) is 40.2 Å². The van der Waals surface area contributed by atoms with Gasteiger partial charge in [0.15, 0.2) is 5.78 Å². The molecule has 3 aliphatic rings. The van der Waals surface area contributed by atoms with Gasteiger partial charge < -0.3 is 15.5 Å². The van der Waals surface area contributed by atoms with Gasteiger partial charge in [0.05, 0.1) is 29.6 Å². The zero-order valence-electron chi connectivity index (χ0n) is 25.4. The summed E-state index contributed by atoms with van der Waals surface area (Å²) < 4.78 is 29.4. The Hall–Kier alpha value is -4.49. The third-order valence-electron chi connectivity index (χ3n) is 9.28. The lowest BCUT2D eigenvalue weighted by Gasteiger charge is -2.20. The number of pyridine rings is 1. The third kappa shape index (κ3) is 5.85. The second kappa shape index (κ2) is 11.8. The van der Waals surface area contributed by atoms with Crippen molar-refractivity contribution in [2.45, 2.75) is 52.0 Å². The highest BCUT2D eigenvalue weighted by Crippen LogP contribution is 2.59. The van der Waals surface area contributed by atoms with Gasteiger partial charge in [-0.1, -0.05) is 19.9 Å². The van der Waals surface area contributed by atoms with Crippen LogP contribution in [0.3, 0.4) is 0 Å². The van der Waals surface area contributed by atoms with E-state index in [1.54, 1.807) is 49.5 Å². The number of ketones is 1. The van der Waals surface area contributed by atoms with E-state index in [2.05, 4.69) is 25.6 Å². The van der Waals surface area contributed by atoms with Gasteiger partial charge in [-0.3, -0.25) is 23.5 Å². The summed E-state index contributed by atoms with van der Waals surface area (Å²) >= 11 is 0. The number of halogens is 2. The maximum absolute atomic E-state index is 13.5. The first kappa shape index (κ1) is 30.5. The van der Waals surface area contributed by atoms with Gasteiger partial charge in [0.2, 0.25) is 11.9 Å². The van der Waals surface area contributed by atoms with Crippen molar-refractivity contribution >= 4 is 29.3 Å². The number of fused-ring (bicyclic) bond motifs is 2. The van der Waals surface area contributed by atoms with Crippen molar-refractivity contribution in [1.82, 2.24) is 24.1 Å². The number of hydrogen-bond acceptors (Lipinski definition) is 9. The quantitative estimate of drug-likeness (QED) is 0.368. The van der Waals surface area contributed by atoms with E-state index < -0.39 is 29.0 Å². The van der Waals surface area contributed by atoms with Crippen LogP contribution in [0.5, 0.6) is 0 Å². The summed E-state index contributed by atoms with van der Waals surface area (Å²) in [7, 11) is 1.58. The number of aromatic nitrogens is 5. The fourth-order valence-corrected chi connectivity index (χ4v) is 6.41. The van der Waals surface area contributed by atoms with Crippen molar-refractivity contribution in [3.05, 3.63) is 57.0 Å². The van der Waals surface area contributed by atoms with Crippen LogP contribution in [0.25, 0.3) is 11.3 Å². The van der Waals surface area contributed by atoms with Crippen LogP contribution in [-0.4, -0.2) is 61.3 Å². The van der Waals surface area contributed by atoms with Crippen LogP contribution in [0.4, 0.5) is 26.4 Å². The van der Waals surface area contributed by atoms with Crippen LogP contribution in [0.1, 0.15) is 38.7 Å². The number of Topliss-reactive ketones (excluding diaryl/α,β-unsaturated/α-hetero) is 1. The summed E-state index contributed by atoms with van der Waals surface area (Å²) in [5.74, 6) is -3.25. The number of hydrogen-bond donors (Lipinski definition) is 2. The number of nitrogens with one attached hydrogen (secondary N) is 2. The van der Waals surface area contributed by atoms with E-state index in [9.17, 15) is 28.0 Å². The molecule has 1 saturated carbocycles. The molecule has 45 heavy (non-hydrogen) atoms. The number of nitrogens with zero attached hydrogens (tertiary/aromatic N) is 6. The molecule has 0 aromatic carbocycles. The highest BCUT2D eigenvalue weighted by Gasteiger charge is 2.72. The Morgan fingerprint density at radius 3 is 2.56 bits per heavy atom. The molecule has 2 aliphatic heterocycles. The summed E-state index contributed by atoms with van der Waals surface area (Å²) in [6.07, 6.45) is 5.04. The third-order valence-corrected chi connectivity index (χ3v) is 9.28. The van der Waals surface area contributed by atoms with E-state index in [1.165, 1.54) is 4.57 Å². The van der Waals surface area contributed by atoms with Crippen molar-refractivity contribution in [2.24, 2.45) is 30.7 Å². The zero-order chi connectivity index (χ0) is 32.0.